The average molecular weight is 292 g/mol. The summed E-state index contributed by atoms with van der Waals surface area (Å²) in [5.41, 5.74) is 1.82. The third kappa shape index (κ3) is 4.77. The van der Waals surface area contributed by atoms with Crippen molar-refractivity contribution in [1.82, 2.24) is 4.90 Å². The summed E-state index contributed by atoms with van der Waals surface area (Å²) in [7, 11) is 0. The molecule has 1 aromatic rings. The van der Waals surface area contributed by atoms with Crippen LogP contribution in [0.25, 0.3) is 0 Å². The second kappa shape index (κ2) is 7.67. The zero-order valence-corrected chi connectivity index (χ0v) is 13.2. The van der Waals surface area contributed by atoms with Crippen LogP contribution >= 0.6 is 0 Å². The Morgan fingerprint density at radius 1 is 1.24 bits per heavy atom. The highest BCUT2D eigenvalue weighted by Gasteiger charge is 2.24. The lowest BCUT2D eigenvalue weighted by Crippen LogP contribution is -2.47. The Balaban J connectivity index is 3.03. The maximum Gasteiger partial charge on any atom is 0.325 e. The number of carboxylic acid groups (broad SMARTS) is 1. The molecule has 0 atom stereocenters. The van der Waals surface area contributed by atoms with Gasteiger partial charge in [0.2, 0.25) is 0 Å². The summed E-state index contributed by atoms with van der Waals surface area (Å²) >= 11 is 0. The maximum atomic E-state index is 12.7. The lowest BCUT2D eigenvalue weighted by molar-refractivity contribution is -0.137. The van der Waals surface area contributed by atoms with Crippen molar-refractivity contribution in [2.45, 2.75) is 27.7 Å². The number of nitrogens with zero attached hydrogens (tertiary/aromatic N) is 2. The van der Waals surface area contributed by atoms with Gasteiger partial charge in [0, 0.05) is 18.8 Å². The number of hydrogen-bond donors (Lipinski definition) is 1. The quantitative estimate of drug-likeness (QED) is 0.876. The first-order valence-corrected chi connectivity index (χ1v) is 7.20. The van der Waals surface area contributed by atoms with Crippen molar-refractivity contribution < 1.29 is 14.7 Å². The minimum absolute atomic E-state index is 0.212. The number of carbonyl (C=O) groups excluding carboxylic acids is 1. The van der Waals surface area contributed by atoms with Gasteiger partial charge in [0.05, 0.1) is 0 Å². The number of carboxylic acids is 1. The van der Waals surface area contributed by atoms with Gasteiger partial charge in [-0.15, -0.1) is 0 Å². The first-order valence-electron chi connectivity index (χ1n) is 7.20. The summed E-state index contributed by atoms with van der Waals surface area (Å²) in [4.78, 5) is 26.7. The molecule has 0 saturated heterocycles. The van der Waals surface area contributed by atoms with Crippen molar-refractivity contribution in [2.24, 2.45) is 5.92 Å². The van der Waals surface area contributed by atoms with Gasteiger partial charge in [-0.3, -0.25) is 9.69 Å². The van der Waals surface area contributed by atoms with E-state index in [1.165, 1.54) is 4.90 Å². The van der Waals surface area contributed by atoms with E-state index in [9.17, 15) is 9.59 Å². The van der Waals surface area contributed by atoms with Crippen LogP contribution < -0.4 is 4.90 Å². The summed E-state index contributed by atoms with van der Waals surface area (Å²) in [6.07, 6.45) is 0. The van der Waals surface area contributed by atoms with Crippen molar-refractivity contribution in [1.29, 1.82) is 0 Å². The van der Waals surface area contributed by atoms with Gasteiger partial charge >= 0.3 is 12.0 Å². The number of amides is 2. The second-order valence-electron chi connectivity index (χ2n) is 5.48. The van der Waals surface area contributed by atoms with Gasteiger partial charge in [0.1, 0.15) is 6.54 Å². The third-order valence-corrected chi connectivity index (χ3v) is 3.14. The normalized spacial score (nSPS) is 10.5. The molecule has 0 fully saturated rings. The first-order chi connectivity index (χ1) is 9.86. The molecule has 0 aliphatic carbocycles. The van der Waals surface area contributed by atoms with Crippen LogP contribution in [-0.4, -0.2) is 41.6 Å². The maximum absolute atomic E-state index is 12.7. The van der Waals surface area contributed by atoms with E-state index in [4.69, 9.17) is 5.11 Å². The van der Waals surface area contributed by atoms with E-state index in [2.05, 4.69) is 0 Å². The molecule has 0 aromatic heterocycles. The number of anilines is 1. The lowest BCUT2D eigenvalue weighted by atomic mass is 10.1. The number of para-hydroxylation sites is 1. The molecule has 1 N–H and O–H groups in total. The molecule has 5 heteroatoms. The fourth-order valence-electron chi connectivity index (χ4n) is 2.26. The van der Waals surface area contributed by atoms with Crippen LogP contribution in [0.2, 0.25) is 0 Å². The SMILES string of the molecule is CCN(C(=O)N(CC(=O)O)CC(C)C)c1ccccc1C. The van der Waals surface area contributed by atoms with Crippen molar-refractivity contribution >= 4 is 17.7 Å². The van der Waals surface area contributed by atoms with Crippen LogP contribution in [0.4, 0.5) is 10.5 Å². The van der Waals surface area contributed by atoms with Crippen molar-refractivity contribution in [3.63, 3.8) is 0 Å². The highest BCUT2D eigenvalue weighted by atomic mass is 16.4. The fraction of sp³-hybridized carbons (Fsp3) is 0.500. The van der Waals surface area contributed by atoms with E-state index < -0.39 is 5.97 Å². The Morgan fingerprint density at radius 2 is 1.86 bits per heavy atom. The van der Waals surface area contributed by atoms with E-state index >= 15 is 0 Å². The highest BCUT2D eigenvalue weighted by molar-refractivity contribution is 5.94. The molecule has 0 heterocycles. The first kappa shape index (κ1) is 17.0. The Kier molecular flexibility index (Phi) is 6.21. The number of benzene rings is 1. The van der Waals surface area contributed by atoms with Crippen LogP contribution in [0.15, 0.2) is 24.3 Å². The molecule has 0 bridgehead atoms. The van der Waals surface area contributed by atoms with Crippen LogP contribution in [0.5, 0.6) is 0 Å². The van der Waals surface area contributed by atoms with Gasteiger partial charge in [-0.2, -0.15) is 0 Å². The van der Waals surface area contributed by atoms with Gasteiger partial charge in [0.15, 0.2) is 0 Å². The Morgan fingerprint density at radius 3 is 2.33 bits per heavy atom. The lowest BCUT2D eigenvalue weighted by Gasteiger charge is -2.31. The van der Waals surface area contributed by atoms with Gasteiger partial charge in [-0.25, -0.2) is 4.79 Å². The van der Waals surface area contributed by atoms with Gasteiger partial charge in [0.25, 0.3) is 0 Å². The van der Waals surface area contributed by atoms with Gasteiger partial charge in [-0.05, 0) is 31.4 Å². The van der Waals surface area contributed by atoms with Gasteiger partial charge < -0.3 is 10.0 Å². The monoisotopic (exact) mass is 292 g/mol. The number of carbonyl (C=O) groups is 2. The smallest absolute Gasteiger partial charge is 0.325 e. The van der Waals surface area contributed by atoms with E-state index in [-0.39, 0.29) is 18.5 Å². The van der Waals surface area contributed by atoms with E-state index in [1.54, 1.807) is 4.90 Å². The van der Waals surface area contributed by atoms with Crippen molar-refractivity contribution in [2.75, 3.05) is 24.5 Å². The van der Waals surface area contributed by atoms with E-state index in [1.807, 2.05) is 52.0 Å². The summed E-state index contributed by atoms with van der Waals surface area (Å²) in [6.45, 7) is 8.40. The Bertz CT molecular complexity index is 500. The van der Waals surface area contributed by atoms with Crippen molar-refractivity contribution in [3.05, 3.63) is 29.8 Å². The Hall–Kier alpha value is -2.04. The molecule has 2 amide bonds. The number of aryl methyl sites for hydroxylation is 1. The molecule has 5 nitrogen and oxygen atoms in total. The topological polar surface area (TPSA) is 60.9 Å². The predicted molar refractivity (Wildman–Crippen MR) is 83.6 cm³/mol. The Labute approximate surface area is 126 Å². The molecule has 1 aromatic carbocycles. The van der Waals surface area contributed by atoms with E-state index in [0.29, 0.717) is 13.1 Å². The molecular formula is C16H24N2O3. The number of rotatable bonds is 6. The fourth-order valence-corrected chi connectivity index (χ4v) is 2.26. The van der Waals surface area contributed by atoms with Crippen LogP contribution in [0.1, 0.15) is 26.3 Å². The standard InChI is InChI=1S/C16H24N2O3/c1-5-18(14-9-7-6-8-13(14)4)16(21)17(10-12(2)3)11-15(19)20/h6-9,12H,5,10-11H2,1-4H3,(H,19,20). The molecule has 0 aliphatic heterocycles. The minimum atomic E-state index is -0.996. The molecule has 0 aliphatic rings. The third-order valence-electron chi connectivity index (χ3n) is 3.14. The second-order valence-corrected chi connectivity index (χ2v) is 5.48. The molecule has 1 rings (SSSR count). The summed E-state index contributed by atoms with van der Waals surface area (Å²) in [5.74, 6) is -0.784. The number of hydrogen-bond acceptors (Lipinski definition) is 2. The van der Waals surface area contributed by atoms with Crippen molar-refractivity contribution in [3.8, 4) is 0 Å². The highest BCUT2D eigenvalue weighted by Crippen LogP contribution is 2.21. The molecule has 21 heavy (non-hydrogen) atoms. The zero-order chi connectivity index (χ0) is 16.0. The molecule has 0 spiro atoms. The molecule has 0 radical (unpaired) electrons. The van der Waals surface area contributed by atoms with Crippen LogP contribution in [0, 0.1) is 12.8 Å². The number of aliphatic carboxylic acids is 1. The molecule has 0 unspecified atom stereocenters. The largest absolute Gasteiger partial charge is 0.480 e. The average Bonchev–Trinajstić information content (AvgIpc) is 2.39. The zero-order valence-electron chi connectivity index (χ0n) is 13.2. The summed E-state index contributed by atoms with van der Waals surface area (Å²) in [5, 5.41) is 9.01. The van der Waals surface area contributed by atoms with Crippen LogP contribution in [-0.2, 0) is 4.79 Å². The molecular weight excluding hydrogens is 268 g/mol. The minimum Gasteiger partial charge on any atom is -0.480 e. The summed E-state index contributed by atoms with van der Waals surface area (Å²) < 4.78 is 0. The van der Waals surface area contributed by atoms with Crippen LogP contribution in [0.3, 0.4) is 0 Å². The number of urea groups is 1. The molecule has 0 saturated carbocycles. The predicted octanol–water partition coefficient (Wildman–Crippen LogP) is 2.98. The van der Waals surface area contributed by atoms with E-state index in [0.717, 1.165) is 11.3 Å². The van der Waals surface area contributed by atoms with Gasteiger partial charge in [-0.1, -0.05) is 32.0 Å². The molecule has 116 valence electrons. The summed E-state index contributed by atoms with van der Waals surface area (Å²) in [6, 6.07) is 7.35.